The quantitative estimate of drug-likeness (QED) is 0.564. The molecule has 0 spiro atoms. The van der Waals surface area contributed by atoms with Crippen molar-refractivity contribution in [1.82, 2.24) is 0 Å². The second-order valence-corrected chi connectivity index (χ2v) is 5.15. The van der Waals surface area contributed by atoms with Crippen LogP contribution < -0.4 is 0 Å². The summed E-state index contributed by atoms with van der Waals surface area (Å²) in [6.07, 6.45) is 1.33. The third kappa shape index (κ3) is 1.90. The lowest BCUT2D eigenvalue weighted by atomic mass is 10.6. The molecule has 1 heterocycles. The van der Waals surface area contributed by atoms with E-state index in [9.17, 15) is 0 Å². The SMILES string of the molecule is CCCSC1SC1C. The van der Waals surface area contributed by atoms with Crippen LogP contribution in [0.4, 0.5) is 0 Å². The van der Waals surface area contributed by atoms with Crippen molar-refractivity contribution in [3.8, 4) is 0 Å². The van der Waals surface area contributed by atoms with E-state index in [-0.39, 0.29) is 0 Å². The van der Waals surface area contributed by atoms with E-state index in [1.54, 1.807) is 0 Å². The Morgan fingerprint density at radius 1 is 1.62 bits per heavy atom. The summed E-state index contributed by atoms with van der Waals surface area (Å²) < 4.78 is 0.954. The maximum Gasteiger partial charge on any atom is 0.0622 e. The highest BCUT2D eigenvalue weighted by atomic mass is 32.2. The molecular weight excluding hydrogens is 136 g/mol. The van der Waals surface area contributed by atoms with Gasteiger partial charge in [-0.3, -0.25) is 0 Å². The largest absolute Gasteiger partial charge is 0.146 e. The maximum atomic E-state index is 2.30. The lowest BCUT2D eigenvalue weighted by Gasteiger charge is -1.90. The molecule has 0 amide bonds. The van der Waals surface area contributed by atoms with Gasteiger partial charge in [-0.05, 0) is 12.2 Å². The lowest BCUT2D eigenvalue weighted by Crippen LogP contribution is -1.82. The van der Waals surface area contributed by atoms with E-state index >= 15 is 0 Å². The van der Waals surface area contributed by atoms with Gasteiger partial charge in [-0.1, -0.05) is 13.8 Å². The fourth-order valence-electron chi connectivity index (χ4n) is 0.575. The molecule has 0 saturated carbocycles. The highest BCUT2D eigenvalue weighted by molar-refractivity contribution is 8.23. The van der Waals surface area contributed by atoms with Crippen LogP contribution in [0.2, 0.25) is 0 Å². The van der Waals surface area contributed by atoms with Gasteiger partial charge in [0.2, 0.25) is 0 Å². The molecular formula is C6H12S2. The summed E-state index contributed by atoms with van der Waals surface area (Å²) in [5.41, 5.74) is 0. The first-order chi connectivity index (χ1) is 3.84. The molecule has 8 heavy (non-hydrogen) atoms. The minimum atomic E-state index is 0.951. The van der Waals surface area contributed by atoms with Crippen LogP contribution in [-0.2, 0) is 0 Å². The van der Waals surface area contributed by atoms with Gasteiger partial charge in [-0.25, -0.2) is 0 Å². The molecule has 48 valence electrons. The average Bonchev–Trinajstić information content (AvgIpc) is 2.42. The molecule has 1 aliphatic heterocycles. The highest BCUT2D eigenvalue weighted by Gasteiger charge is 2.33. The number of thioether (sulfide) groups is 2. The fourth-order valence-corrected chi connectivity index (χ4v) is 3.01. The second-order valence-electron chi connectivity index (χ2n) is 2.08. The Kier molecular flexibility index (Phi) is 2.57. The van der Waals surface area contributed by atoms with E-state index in [1.807, 2.05) is 0 Å². The summed E-state index contributed by atoms with van der Waals surface area (Å²) in [6, 6.07) is 0. The Bertz CT molecular complexity index is 72.9. The molecule has 0 nitrogen and oxygen atoms in total. The van der Waals surface area contributed by atoms with Gasteiger partial charge < -0.3 is 0 Å². The van der Waals surface area contributed by atoms with Crippen LogP contribution in [0.15, 0.2) is 0 Å². The third-order valence-corrected chi connectivity index (χ3v) is 4.50. The number of hydrogen-bond acceptors (Lipinski definition) is 2. The van der Waals surface area contributed by atoms with Gasteiger partial charge in [0.05, 0.1) is 4.58 Å². The van der Waals surface area contributed by atoms with Crippen LogP contribution in [-0.4, -0.2) is 15.6 Å². The van der Waals surface area contributed by atoms with Crippen molar-refractivity contribution in [2.75, 3.05) is 5.75 Å². The molecule has 0 aromatic heterocycles. The van der Waals surface area contributed by atoms with Gasteiger partial charge in [0.25, 0.3) is 0 Å². The van der Waals surface area contributed by atoms with E-state index in [0.29, 0.717) is 0 Å². The van der Waals surface area contributed by atoms with Gasteiger partial charge in [0.15, 0.2) is 0 Å². The zero-order valence-electron chi connectivity index (χ0n) is 5.39. The predicted octanol–water partition coefficient (Wildman–Crippen LogP) is 2.59. The van der Waals surface area contributed by atoms with E-state index in [2.05, 4.69) is 37.4 Å². The molecule has 1 rings (SSSR count). The maximum absolute atomic E-state index is 2.30. The smallest absolute Gasteiger partial charge is 0.0622 e. The molecule has 0 radical (unpaired) electrons. The predicted molar refractivity (Wildman–Crippen MR) is 43.6 cm³/mol. The summed E-state index contributed by atoms with van der Waals surface area (Å²) in [5, 5.41) is 0.951. The van der Waals surface area contributed by atoms with Crippen LogP contribution in [0.5, 0.6) is 0 Å². The first kappa shape index (κ1) is 6.81. The monoisotopic (exact) mass is 148 g/mol. The van der Waals surface area contributed by atoms with Crippen LogP contribution in [0.1, 0.15) is 20.3 Å². The number of hydrogen-bond donors (Lipinski definition) is 0. The van der Waals surface area contributed by atoms with E-state index in [1.165, 1.54) is 12.2 Å². The van der Waals surface area contributed by atoms with E-state index in [4.69, 9.17) is 0 Å². The van der Waals surface area contributed by atoms with Crippen LogP contribution in [0, 0.1) is 0 Å². The number of rotatable bonds is 3. The first-order valence-corrected chi connectivity index (χ1v) is 5.11. The normalized spacial score (nSPS) is 35.2. The van der Waals surface area contributed by atoms with Crippen molar-refractivity contribution in [3.05, 3.63) is 0 Å². The van der Waals surface area contributed by atoms with Gasteiger partial charge in [0.1, 0.15) is 0 Å². The van der Waals surface area contributed by atoms with E-state index < -0.39 is 0 Å². The van der Waals surface area contributed by atoms with Crippen molar-refractivity contribution >= 4 is 23.5 Å². The summed E-state index contributed by atoms with van der Waals surface area (Å²) in [6.45, 7) is 4.54. The van der Waals surface area contributed by atoms with Gasteiger partial charge in [-0.15, -0.1) is 23.5 Å². The van der Waals surface area contributed by atoms with Gasteiger partial charge >= 0.3 is 0 Å². The summed E-state index contributed by atoms with van der Waals surface area (Å²) in [5.74, 6) is 1.35. The van der Waals surface area contributed by atoms with Crippen molar-refractivity contribution < 1.29 is 0 Å². The van der Waals surface area contributed by atoms with Crippen molar-refractivity contribution in [2.45, 2.75) is 30.1 Å². The fraction of sp³-hybridized carbons (Fsp3) is 1.00. The molecule has 1 fully saturated rings. The van der Waals surface area contributed by atoms with Crippen LogP contribution in [0.25, 0.3) is 0 Å². The average molecular weight is 148 g/mol. The van der Waals surface area contributed by atoms with Crippen molar-refractivity contribution in [3.63, 3.8) is 0 Å². The van der Waals surface area contributed by atoms with Crippen LogP contribution >= 0.6 is 23.5 Å². The Hall–Kier alpha value is 0.700. The van der Waals surface area contributed by atoms with Gasteiger partial charge in [-0.2, -0.15) is 0 Å². The van der Waals surface area contributed by atoms with Crippen LogP contribution in [0.3, 0.4) is 0 Å². The lowest BCUT2D eigenvalue weighted by molar-refractivity contribution is 1.10. The molecule has 0 aromatic rings. The van der Waals surface area contributed by atoms with Crippen molar-refractivity contribution in [1.29, 1.82) is 0 Å². The highest BCUT2D eigenvalue weighted by Crippen LogP contribution is 2.48. The molecule has 0 aliphatic carbocycles. The minimum absolute atomic E-state index is 0.951. The Morgan fingerprint density at radius 2 is 2.25 bits per heavy atom. The standard InChI is InChI=1S/C6H12S2/c1-3-4-7-6-5(2)8-6/h5-6H,3-4H2,1-2H3. The first-order valence-electron chi connectivity index (χ1n) is 3.11. The third-order valence-electron chi connectivity index (χ3n) is 1.14. The molecule has 0 bridgehead atoms. The van der Waals surface area contributed by atoms with Gasteiger partial charge in [0, 0.05) is 5.25 Å². The molecule has 2 unspecified atom stereocenters. The molecule has 2 heteroatoms. The summed E-state index contributed by atoms with van der Waals surface area (Å²) >= 11 is 4.21. The molecule has 2 atom stereocenters. The molecule has 0 N–H and O–H groups in total. The minimum Gasteiger partial charge on any atom is -0.146 e. The molecule has 0 aromatic carbocycles. The molecule has 1 aliphatic rings. The summed E-state index contributed by atoms with van der Waals surface area (Å²) in [4.78, 5) is 0. The van der Waals surface area contributed by atoms with Crippen molar-refractivity contribution in [2.24, 2.45) is 0 Å². The Labute approximate surface area is 59.8 Å². The summed E-state index contributed by atoms with van der Waals surface area (Å²) in [7, 11) is 0. The molecule has 1 saturated heterocycles. The zero-order valence-corrected chi connectivity index (χ0v) is 7.02. The topological polar surface area (TPSA) is 0 Å². The van der Waals surface area contributed by atoms with E-state index in [0.717, 1.165) is 9.83 Å². The Morgan fingerprint density at radius 3 is 2.62 bits per heavy atom. The Balaban J connectivity index is 1.89. The second kappa shape index (κ2) is 3.02. The zero-order chi connectivity index (χ0) is 5.98.